The minimum atomic E-state index is -4.41. The molecule has 1 amide bonds. The van der Waals surface area contributed by atoms with E-state index in [1.54, 1.807) is 0 Å². The highest BCUT2D eigenvalue weighted by atomic mass is 19.4. The highest BCUT2D eigenvalue weighted by molar-refractivity contribution is 5.97. The Morgan fingerprint density at radius 3 is 2.54 bits per heavy atom. The molecule has 2 aromatic rings. The van der Waals surface area contributed by atoms with Crippen LogP contribution in [0.5, 0.6) is 0 Å². The van der Waals surface area contributed by atoms with Crippen LogP contribution in [-0.2, 0) is 6.18 Å². The predicted molar refractivity (Wildman–Crippen MR) is 85.6 cm³/mol. The number of benzene rings is 1. The summed E-state index contributed by atoms with van der Waals surface area (Å²) in [6.07, 6.45) is 1.03. The van der Waals surface area contributed by atoms with Crippen molar-refractivity contribution in [1.82, 2.24) is 10.3 Å². The Morgan fingerprint density at radius 2 is 1.88 bits per heavy atom. The van der Waals surface area contributed by atoms with Gasteiger partial charge in [0.15, 0.2) is 0 Å². The molecule has 1 aliphatic carbocycles. The Morgan fingerprint density at radius 1 is 1.17 bits per heavy atom. The molecule has 1 heterocycles. The quantitative estimate of drug-likeness (QED) is 0.873. The van der Waals surface area contributed by atoms with Gasteiger partial charge in [0.2, 0.25) is 0 Å². The van der Waals surface area contributed by atoms with E-state index in [2.05, 4.69) is 17.2 Å². The summed E-state index contributed by atoms with van der Waals surface area (Å²) in [6.45, 7) is 2.20. The van der Waals surface area contributed by atoms with E-state index >= 15 is 0 Å². The number of fused-ring (bicyclic) bond motifs is 1. The summed E-state index contributed by atoms with van der Waals surface area (Å²) in [6, 6.07) is 4.95. The molecule has 1 fully saturated rings. The van der Waals surface area contributed by atoms with Crippen LogP contribution in [0.1, 0.15) is 48.5 Å². The summed E-state index contributed by atoms with van der Waals surface area (Å²) in [5.41, 5.74) is -0.0119. The van der Waals surface area contributed by atoms with Crippen LogP contribution in [0.3, 0.4) is 0 Å². The predicted octanol–water partition coefficient (Wildman–Crippen LogP) is 4.56. The van der Waals surface area contributed by atoms with E-state index in [0.29, 0.717) is 22.4 Å². The van der Waals surface area contributed by atoms with E-state index in [1.165, 1.54) is 18.3 Å². The van der Waals surface area contributed by atoms with Gasteiger partial charge in [-0.3, -0.25) is 9.78 Å². The lowest BCUT2D eigenvalue weighted by atomic mass is 9.87. The number of hydrogen-bond donors (Lipinski definition) is 1. The number of carbonyl (C=O) groups excluding carboxylic acids is 1. The zero-order valence-corrected chi connectivity index (χ0v) is 13.4. The van der Waals surface area contributed by atoms with E-state index in [-0.39, 0.29) is 11.9 Å². The smallest absolute Gasteiger partial charge is 0.349 e. The largest absolute Gasteiger partial charge is 0.416 e. The van der Waals surface area contributed by atoms with Gasteiger partial charge in [-0.05, 0) is 55.9 Å². The highest BCUT2D eigenvalue weighted by Gasteiger charge is 2.30. The second-order valence-corrected chi connectivity index (χ2v) is 6.56. The molecule has 3 nitrogen and oxygen atoms in total. The maximum atomic E-state index is 12.8. The van der Waals surface area contributed by atoms with Crippen LogP contribution in [0.25, 0.3) is 10.9 Å². The van der Waals surface area contributed by atoms with Crippen molar-refractivity contribution in [2.45, 2.75) is 44.8 Å². The molecule has 6 heteroatoms. The zero-order chi connectivity index (χ0) is 17.3. The third-order valence-corrected chi connectivity index (χ3v) is 4.62. The third kappa shape index (κ3) is 3.68. The fourth-order valence-corrected chi connectivity index (χ4v) is 3.11. The molecule has 0 unspecified atom stereocenters. The van der Waals surface area contributed by atoms with Crippen LogP contribution in [0.15, 0.2) is 30.5 Å². The summed E-state index contributed by atoms with van der Waals surface area (Å²) < 4.78 is 38.4. The number of carbonyl (C=O) groups is 1. The zero-order valence-electron chi connectivity index (χ0n) is 13.4. The number of aromatic nitrogens is 1. The van der Waals surface area contributed by atoms with Crippen LogP contribution in [-0.4, -0.2) is 16.9 Å². The van der Waals surface area contributed by atoms with Crippen molar-refractivity contribution in [3.8, 4) is 0 Å². The maximum absolute atomic E-state index is 12.8. The van der Waals surface area contributed by atoms with Crippen LogP contribution in [0, 0.1) is 5.92 Å². The van der Waals surface area contributed by atoms with Crippen molar-refractivity contribution in [2.75, 3.05) is 0 Å². The monoisotopic (exact) mass is 336 g/mol. The van der Waals surface area contributed by atoms with Gasteiger partial charge >= 0.3 is 6.18 Å². The Kier molecular flexibility index (Phi) is 4.47. The van der Waals surface area contributed by atoms with Crippen molar-refractivity contribution in [2.24, 2.45) is 5.92 Å². The number of nitrogens with one attached hydrogen (secondary N) is 1. The average Bonchev–Trinajstić information content (AvgIpc) is 2.55. The lowest BCUT2D eigenvalue weighted by molar-refractivity contribution is -0.137. The third-order valence-electron chi connectivity index (χ3n) is 4.62. The molecule has 0 saturated heterocycles. The van der Waals surface area contributed by atoms with Crippen molar-refractivity contribution in [3.63, 3.8) is 0 Å². The minimum absolute atomic E-state index is 0.130. The first-order valence-corrected chi connectivity index (χ1v) is 8.11. The van der Waals surface area contributed by atoms with E-state index in [9.17, 15) is 18.0 Å². The number of pyridine rings is 1. The number of hydrogen-bond acceptors (Lipinski definition) is 2. The van der Waals surface area contributed by atoms with E-state index < -0.39 is 11.7 Å². The maximum Gasteiger partial charge on any atom is 0.416 e. The molecule has 1 aliphatic rings. The molecule has 3 rings (SSSR count). The molecule has 0 bridgehead atoms. The number of nitrogens with zero attached hydrogens (tertiary/aromatic N) is 1. The molecule has 0 radical (unpaired) electrons. The molecule has 0 spiro atoms. The summed E-state index contributed by atoms with van der Waals surface area (Å²) in [7, 11) is 0. The van der Waals surface area contributed by atoms with Gasteiger partial charge in [-0.25, -0.2) is 0 Å². The van der Waals surface area contributed by atoms with Gasteiger partial charge in [-0.1, -0.05) is 6.92 Å². The highest BCUT2D eigenvalue weighted by Crippen LogP contribution is 2.31. The molecular weight excluding hydrogens is 317 g/mol. The van der Waals surface area contributed by atoms with E-state index in [4.69, 9.17) is 0 Å². The summed E-state index contributed by atoms with van der Waals surface area (Å²) in [5, 5.41) is 3.28. The number of alkyl halides is 3. The van der Waals surface area contributed by atoms with Crippen LogP contribution in [0.2, 0.25) is 0 Å². The van der Waals surface area contributed by atoms with Gasteiger partial charge in [0.05, 0.1) is 16.6 Å². The first-order chi connectivity index (χ1) is 11.3. The fraction of sp³-hybridized carbons (Fsp3) is 0.444. The van der Waals surface area contributed by atoms with Gasteiger partial charge in [0.25, 0.3) is 5.91 Å². The Labute approximate surface area is 138 Å². The fourth-order valence-electron chi connectivity index (χ4n) is 3.11. The van der Waals surface area contributed by atoms with E-state index in [0.717, 1.165) is 37.8 Å². The standard InChI is InChI=1S/C18H19F3N2O/c1-11-2-5-15(6-3-11)23-17(24)13-8-12-9-14(18(19,20)21)4-7-16(12)22-10-13/h4,7-11,15H,2-3,5-6H2,1H3,(H,23,24)/t11-,15-. The molecule has 0 aliphatic heterocycles. The van der Waals surface area contributed by atoms with E-state index in [1.807, 2.05) is 0 Å². The molecule has 0 atom stereocenters. The molecule has 1 aromatic heterocycles. The summed E-state index contributed by atoms with van der Waals surface area (Å²) in [4.78, 5) is 16.4. The summed E-state index contributed by atoms with van der Waals surface area (Å²) in [5.74, 6) is 0.405. The lowest BCUT2D eigenvalue weighted by Gasteiger charge is -2.26. The molecule has 24 heavy (non-hydrogen) atoms. The lowest BCUT2D eigenvalue weighted by Crippen LogP contribution is -2.37. The molecular formula is C18H19F3N2O. The van der Waals surface area contributed by atoms with Gasteiger partial charge < -0.3 is 5.32 Å². The van der Waals surface area contributed by atoms with Gasteiger partial charge in [0.1, 0.15) is 0 Å². The van der Waals surface area contributed by atoms with Gasteiger partial charge in [0, 0.05) is 17.6 Å². The van der Waals surface area contributed by atoms with Crippen molar-refractivity contribution >= 4 is 16.8 Å². The first-order valence-electron chi connectivity index (χ1n) is 8.11. The second kappa shape index (κ2) is 6.42. The SMILES string of the molecule is C[C@H]1CC[C@H](NC(=O)c2cnc3ccc(C(F)(F)F)cc3c2)CC1. The second-order valence-electron chi connectivity index (χ2n) is 6.56. The first kappa shape index (κ1) is 16.7. The van der Waals surface area contributed by atoms with Crippen molar-refractivity contribution in [1.29, 1.82) is 0 Å². The van der Waals surface area contributed by atoms with Crippen molar-refractivity contribution < 1.29 is 18.0 Å². The van der Waals surface area contributed by atoms with Crippen molar-refractivity contribution in [3.05, 3.63) is 41.6 Å². The minimum Gasteiger partial charge on any atom is -0.349 e. The van der Waals surface area contributed by atoms with Crippen LogP contribution in [0.4, 0.5) is 13.2 Å². The number of rotatable bonds is 2. The number of amides is 1. The van der Waals surface area contributed by atoms with Gasteiger partial charge in [-0.15, -0.1) is 0 Å². The van der Waals surface area contributed by atoms with Gasteiger partial charge in [-0.2, -0.15) is 13.2 Å². The normalized spacial score (nSPS) is 21.7. The van der Waals surface area contributed by atoms with Crippen LogP contribution >= 0.6 is 0 Å². The topological polar surface area (TPSA) is 42.0 Å². The Hall–Kier alpha value is -2.11. The molecule has 1 N–H and O–H groups in total. The van der Waals surface area contributed by atoms with Crippen LogP contribution < -0.4 is 5.32 Å². The summed E-state index contributed by atoms with van der Waals surface area (Å²) >= 11 is 0. The molecule has 1 saturated carbocycles. The Bertz CT molecular complexity index is 750. The molecule has 1 aromatic carbocycles. The molecule has 128 valence electrons. The average molecular weight is 336 g/mol. The number of halogens is 3. The Balaban J connectivity index is 1.80.